The molecule has 1 unspecified atom stereocenters. The van der Waals surface area contributed by atoms with Crippen LogP contribution in [0.3, 0.4) is 0 Å². The highest BCUT2D eigenvalue weighted by atomic mass is 35.5. The molecular weight excluding hydrogens is 368 g/mol. The smallest absolute Gasteiger partial charge is 0.338 e. The largest absolute Gasteiger partial charge is 0.497 e. The summed E-state index contributed by atoms with van der Waals surface area (Å²) in [6.45, 7) is 1.95. The number of esters is 1. The molecule has 0 aliphatic carbocycles. The molecule has 7 heteroatoms. The van der Waals surface area contributed by atoms with Crippen LogP contribution < -0.4 is 15.4 Å². The Morgan fingerprint density at radius 1 is 1.19 bits per heavy atom. The van der Waals surface area contributed by atoms with Crippen molar-refractivity contribution in [3.8, 4) is 5.75 Å². The standard InChI is InChI=1S/C20H19ClN2O4/c1-3-27-19(24)16-17(12-7-9-15(26-2)10-8-12)22-20(25)23-18(16)13-5-4-6-14(21)11-13/h4-11,18H,3H2,1-2H3,(H2,22,23,25). The van der Waals surface area contributed by atoms with E-state index in [1.165, 1.54) is 0 Å². The molecule has 0 aromatic heterocycles. The van der Waals surface area contributed by atoms with Crippen molar-refractivity contribution in [3.05, 3.63) is 70.3 Å². The maximum absolute atomic E-state index is 12.8. The summed E-state index contributed by atoms with van der Waals surface area (Å²) >= 11 is 6.10. The van der Waals surface area contributed by atoms with Crippen molar-refractivity contribution in [2.45, 2.75) is 13.0 Å². The Kier molecular flexibility index (Phi) is 5.66. The van der Waals surface area contributed by atoms with Crippen LogP contribution in [0.25, 0.3) is 5.70 Å². The number of ether oxygens (including phenoxy) is 2. The third-order valence-corrected chi connectivity index (χ3v) is 4.36. The van der Waals surface area contributed by atoms with Crippen LogP contribution in [0.15, 0.2) is 54.1 Å². The maximum atomic E-state index is 12.8. The lowest BCUT2D eigenvalue weighted by molar-refractivity contribution is -0.138. The summed E-state index contributed by atoms with van der Waals surface area (Å²) in [5.41, 5.74) is 2.06. The summed E-state index contributed by atoms with van der Waals surface area (Å²) in [7, 11) is 1.57. The first-order valence-corrected chi connectivity index (χ1v) is 8.80. The van der Waals surface area contributed by atoms with E-state index in [9.17, 15) is 9.59 Å². The number of hydrogen-bond acceptors (Lipinski definition) is 4. The molecule has 27 heavy (non-hydrogen) atoms. The molecule has 2 N–H and O–H groups in total. The Bertz CT molecular complexity index is 893. The van der Waals surface area contributed by atoms with E-state index >= 15 is 0 Å². The predicted octanol–water partition coefficient (Wildman–Crippen LogP) is 3.68. The number of halogens is 1. The van der Waals surface area contributed by atoms with E-state index in [2.05, 4.69) is 10.6 Å². The quantitative estimate of drug-likeness (QED) is 0.768. The number of urea groups is 1. The van der Waals surface area contributed by atoms with E-state index in [0.717, 1.165) is 0 Å². The Morgan fingerprint density at radius 2 is 1.93 bits per heavy atom. The first-order valence-electron chi connectivity index (χ1n) is 8.42. The molecule has 0 spiro atoms. The van der Waals surface area contributed by atoms with Gasteiger partial charge in [-0.15, -0.1) is 0 Å². The van der Waals surface area contributed by atoms with Gasteiger partial charge in [0.05, 0.1) is 31.0 Å². The Morgan fingerprint density at radius 3 is 2.56 bits per heavy atom. The zero-order valence-corrected chi connectivity index (χ0v) is 15.7. The van der Waals surface area contributed by atoms with Gasteiger partial charge < -0.3 is 20.1 Å². The lowest BCUT2D eigenvalue weighted by atomic mass is 9.92. The molecule has 0 saturated carbocycles. The molecule has 1 atom stereocenters. The second-order valence-corrected chi connectivity index (χ2v) is 6.26. The predicted molar refractivity (Wildman–Crippen MR) is 102 cm³/mol. The van der Waals surface area contributed by atoms with Crippen LogP contribution in [0.2, 0.25) is 5.02 Å². The maximum Gasteiger partial charge on any atom is 0.338 e. The molecule has 1 aliphatic heterocycles. The molecule has 6 nitrogen and oxygen atoms in total. The molecule has 2 aromatic rings. The molecule has 1 heterocycles. The van der Waals surface area contributed by atoms with Gasteiger partial charge in [-0.3, -0.25) is 0 Å². The van der Waals surface area contributed by atoms with E-state index in [1.54, 1.807) is 62.6 Å². The van der Waals surface area contributed by atoms with Gasteiger partial charge in [0.1, 0.15) is 5.75 Å². The number of rotatable bonds is 5. The van der Waals surface area contributed by atoms with Crippen LogP contribution in [-0.4, -0.2) is 25.7 Å². The van der Waals surface area contributed by atoms with Crippen LogP contribution >= 0.6 is 11.6 Å². The van der Waals surface area contributed by atoms with Crippen molar-refractivity contribution >= 4 is 29.3 Å². The molecule has 0 radical (unpaired) electrons. The molecule has 0 bridgehead atoms. The summed E-state index contributed by atoms with van der Waals surface area (Å²) in [6.07, 6.45) is 0. The minimum absolute atomic E-state index is 0.217. The third kappa shape index (κ3) is 4.06. The summed E-state index contributed by atoms with van der Waals surface area (Å²) in [5, 5.41) is 6.02. The van der Waals surface area contributed by atoms with E-state index in [-0.39, 0.29) is 6.61 Å². The molecular formula is C20H19ClN2O4. The van der Waals surface area contributed by atoms with E-state index in [4.69, 9.17) is 21.1 Å². The summed E-state index contributed by atoms with van der Waals surface area (Å²) in [4.78, 5) is 25.0. The topological polar surface area (TPSA) is 76.7 Å². The van der Waals surface area contributed by atoms with E-state index in [1.807, 2.05) is 0 Å². The Labute approximate surface area is 162 Å². The monoisotopic (exact) mass is 386 g/mol. The van der Waals surface area contributed by atoms with Crippen molar-refractivity contribution in [2.75, 3.05) is 13.7 Å². The fraction of sp³-hybridized carbons (Fsp3) is 0.200. The third-order valence-electron chi connectivity index (χ3n) is 4.13. The Balaban J connectivity index is 2.16. The summed E-state index contributed by atoms with van der Waals surface area (Å²) in [5.74, 6) is 0.157. The molecule has 140 valence electrons. The second-order valence-electron chi connectivity index (χ2n) is 5.82. The number of carbonyl (C=O) groups is 2. The fourth-order valence-corrected chi connectivity index (χ4v) is 3.11. The summed E-state index contributed by atoms with van der Waals surface area (Å²) < 4.78 is 10.4. The highest BCUT2D eigenvalue weighted by Gasteiger charge is 2.34. The van der Waals surface area contributed by atoms with Crippen molar-refractivity contribution in [2.24, 2.45) is 0 Å². The van der Waals surface area contributed by atoms with E-state index in [0.29, 0.717) is 33.2 Å². The first-order chi connectivity index (χ1) is 13.0. The lowest BCUT2D eigenvalue weighted by Gasteiger charge is -2.29. The number of amides is 2. The molecule has 2 aromatic carbocycles. The highest BCUT2D eigenvalue weighted by molar-refractivity contribution is 6.30. The van der Waals surface area contributed by atoms with Gasteiger partial charge in [-0.05, 0) is 54.4 Å². The van der Waals surface area contributed by atoms with Gasteiger partial charge >= 0.3 is 12.0 Å². The number of benzene rings is 2. The zero-order valence-electron chi connectivity index (χ0n) is 14.9. The SMILES string of the molecule is CCOC(=O)C1=C(c2ccc(OC)cc2)NC(=O)NC1c1cccc(Cl)c1. The van der Waals surface area contributed by atoms with Crippen LogP contribution in [0, 0.1) is 0 Å². The first kappa shape index (κ1) is 18.8. The van der Waals surface area contributed by atoms with Gasteiger partial charge in [-0.2, -0.15) is 0 Å². The van der Waals surface area contributed by atoms with Gasteiger partial charge in [0.15, 0.2) is 0 Å². The second kappa shape index (κ2) is 8.14. The van der Waals surface area contributed by atoms with Crippen molar-refractivity contribution in [3.63, 3.8) is 0 Å². The normalized spacial score (nSPS) is 16.4. The van der Waals surface area contributed by atoms with Crippen molar-refractivity contribution < 1.29 is 19.1 Å². The van der Waals surface area contributed by atoms with Gasteiger partial charge in [0.25, 0.3) is 0 Å². The Hall–Kier alpha value is -2.99. The van der Waals surface area contributed by atoms with Gasteiger partial charge in [0, 0.05) is 5.02 Å². The van der Waals surface area contributed by atoms with Gasteiger partial charge in [-0.25, -0.2) is 9.59 Å². The minimum atomic E-state index is -0.686. The average molecular weight is 387 g/mol. The van der Waals surface area contributed by atoms with Gasteiger partial charge in [0.2, 0.25) is 0 Å². The van der Waals surface area contributed by atoms with Gasteiger partial charge in [-0.1, -0.05) is 23.7 Å². The van der Waals surface area contributed by atoms with Crippen LogP contribution in [0.4, 0.5) is 4.79 Å². The zero-order chi connectivity index (χ0) is 19.4. The molecule has 2 amide bonds. The minimum Gasteiger partial charge on any atom is -0.497 e. The molecule has 3 rings (SSSR count). The van der Waals surface area contributed by atoms with Crippen LogP contribution in [-0.2, 0) is 9.53 Å². The van der Waals surface area contributed by atoms with Crippen LogP contribution in [0.1, 0.15) is 24.1 Å². The van der Waals surface area contributed by atoms with Crippen LogP contribution in [0.5, 0.6) is 5.75 Å². The molecule has 0 saturated heterocycles. The number of methoxy groups -OCH3 is 1. The number of hydrogen-bond donors (Lipinski definition) is 2. The number of carbonyl (C=O) groups excluding carboxylic acids is 2. The highest BCUT2D eigenvalue weighted by Crippen LogP contribution is 2.33. The van der Waals surface area contributed by atoms with Crippen molar-refractivity contribution in [1.82, 2.24) is 10.6 Å². The average Bonchev–Trinajstić information content (AvgIpc) is 2.67. The molecule has 0 fully saturated rings. The van der Waals surface area contributed by atoms with E-state index < -0.39 is 18.0 Å². The molecule has 1 aliphatic rings. The van der Waals surface area contributed by atoms with Crippen molar-refractivity contribution in [1.29, 1.82) is 0 Å². The fourth-order valence-electron chi connectivity index (χ4n) is 2.91. The lowest BCUT2D eigenvalue weighted by Crippen LogP contribution is -2.45. The number of nitrogens with one attached hydrogen (secondary N) is 2. The summed E-state index contributed by atoms with van der Waals surface area (Å²) in [6, 6.07) is 13.0.